The molecular weight excluding hydrogens is 172 g/mol. The molecule has 0 heterocycles. The van der Waals surface area contributed by atoms with Gasteiger partial charge in [0.1, 0.15) is 0 Å². The molecule has 84 valence electrons. The first-order valence-electron chi connectivity index (χ1n) is 6.13. The summed E-state index contributed by atoms with van der Waals surface area (Å²) in [6, 6.07) is 0. The first kappa shape index (κ1) is 12.0. The van der Waals surface area contributed by atoms with Crippen LogP contribution in [0.3, 0.4) is 0 Å². The van der Waals surface area contributed by atoms with E-state index in [1.165, 1.54) is 32.1 Å². The van der Waals surface area contributed by atoms with Crippen LogP contribution in [0.15, 0.2) is 0 Å². The molecule has 1 aliphatic carbocycles. The molecular formula is C13H26O. The summed E-state index contributed by atoms with van der Waals surface area (Å²) in [5.41, 5.74) is 0.0307. The highest BCUT2D eigenvalue weighted by Gasteiger charge is 2.21. The molecule has 0 aliphatic heterocycles. The molecule has 1 rings (SSSR count). The fourth-order valence-electron chi connectivity index (χ4n) is 2.22. The molecule has 0 aromatic carbocycles. The lowest BCUT2D eigenvalue weighted by Gasteiger charge is -2.30. The molecule has 1 unspecified atom stereocenters. The summed E-state index contributed by atoms with van der Waals surface area (Å²) in [5, 5.41) is 0. The molecule has 1 saturated carbocycles. The lowest BCUT2D eigenvalue weighted by molar-refractivity contribution is -0.0316. The van der Waals surface area contributed by atoms with Gasteiger partial charge in [0.05, 0.1) is 12.2 Å². The van der Waals surface area contributed by atoms with Gasteiger partial charge in [-0.05, 0) is 32.6 Å². The van der Waals surface area contributed by atoms with Gasteiger partial charge in [0.15, 0.2) is 0 Å². The van der Waals surface area contributed by atoms with Crippen molar-refractivity contribution in [3.8, 4) is 0 Å². The minimum Gasteiger partial charge on any atom is -0.376 e. The van der Waals surface area contributed by atoms with Crippen molar-refractivity contribution in [2.45, 2.75) is 65.4 Å². The third-order valence-electron chi connectivity index (χ3n) is 3.23. The second-order valence-electron chi connectivity index (χ2n) is 5.80. The van der Waals surface area contributed by atoms with Crippen LogP contribution in [0.25, 0.3) is 0 Å². The Balaban J connectivity index is 2.23. The Morgan fingerprint density at radius 1 is 1.14 bits per heavy atom. The van der Waals surface area contributed by atoms with Crippen molar-refractivity contribution in [3.63, 3.8) is 0 Å². The zero-order valence-corrected chi connectivity index (χ0v) is 10.3. The maximum absolute atomic E-state index is 5.84. The van der Waals surface area contributed by atoms with Crippen LogP contribution in [0, 0.1) is 11.8 Å². The van der Waals surface area contributed by atoms with Gasteiger partial charge in [-0.25, -0.2) is 0 Å². The van der Waals surface area contributed by atoms with Crippen molar-refractivity contribution < 1.29 is 4.74 Å². The molecule has 14 heavy (non-hydrogen) atoms. The van der Waals surface area contributed by atoms with Gasteiger partial charge in [-0.2, -0.15) is 0 Å². The summed E-state index contributed by atoms with van der Waals surface area (Å²) in [4.78, 5) is 0. The predicted molar refractivity (Wildman–Crippen MR) is 61.4 cm³/mol. The molecule has 0 N–H and O–H groups in total. The number of hydrogen-bond donors (Lipinski definition) is 0. The monoisotopic (exact) mass is 198 g/mol. The Labute approximate surface area is 89.2 Å². The van der Waals surface area contributed by atoms with E-state index >= 15 is 0 Å². The normalized spacial score (nSPS) is 22.3. The summed E-state index contributed by atoms with van der Waals surface area (Å²) in [5.74, 6) is 1.67. The Bertz CT molecular complexity index is 151. The molecule has 0 saturated heterocycles. The van der Waals surface area contributed by atoms with Crippen LogP contribution >= 0.6 is 0 Å². The van der Waals surface area contributed by atoms with Crippen LogP contribution in [0.4, 0.5) is 0 Å². The average Bonchev–Trinajstić information content (AvgIpc) is 2.14. The van der Waals surface area contributed by atoms with Crippen LogP contribution in [-0.2, 0) is 4.74 Å². The third kappa shape index (κ3) is 4.45. The van der Waals surface area contributed by atoms with E-state index in [9.17, 15) is 0 Å². The van der Waals surface area contributed by atoms with Crippen molar-refractivity contribution in [1.29, 1.82) is 0 Å². The quantitative estimate of drug-likeness (QED) is 0.665. The first-order chi connectivity index (χ1) is 6.49. The largest absolute Gasteiger partial charge is 0.376 e. The topological polar surface area (TPSA) is 9.23 Å². The maximum Gasteiger partial charge on any atom is 0.0598 e. The van der Waals surface area contributed by atoms with Gasteiger partial charge >= 0.3 is 0 Å². The SMILES string of the molecule is CC(COC(C)(C)C)C1CCCCC1. The minimum absolute atomic E-state index is 0.0307. The van der Waals surface area contributed by atoms with E-state index in [1.54, 1.807) is 0 Å². The fraction of sp³-hybridized carbons (Fsp3) is 1.00. The molecule has 1 fully saturated rings. The van der Waals surface area contributed by atoms with Gasteiger partial charge in [-0.3, -0.25) is 0 Å². The molecule has 1 atom stereocenters. The van der Waals surface area contributed by atoms with E-state index in [-0.39, 0.29) is 5.60 Å². The fourth-order valence-corrected chi connectivity index (χ4v) is 2.22. The van der Waals surface area contributed by atoms with Crippen molar-refractivity contribution in [1.82, 2.24) is 0 Å². The van der Waals surface area contributed by atoms with Gasteiger partial charge in [0, 0.05) is 0 Å². The molecule has 1 aliphatic rings. The summed E-state index contributed by atoms with van der Waals surface area (Å²) >= 11 is 0. The zero-order chi connectivity index (χ0) is 10.6. The van der Waals surface area contributed by atoms with Crippen LogP contribution in [0.5, 0.6) is 0 Å². The summed E-state index contributed by atoms with van der Waals surface area (Å²) < 4.78 is 5.84. The highest BCUT2D eigenvalue weighted by molar-refractivity contribution is 4.72. The van der Waals surface area contributed by atoms with Gasteiger partial charge in [0.2, 0.25) is 0 Å². The van der Waals surface area contributed by atoms with Crippen LogP contribution in [0.2, 0.25) is 0 Å². The molecule has 0 aromatic heterocycles. The summed E-state index contributed by atoms with van der Waals surface area (Å²) in [6.07, 6.45) is 7.17. The molecule has 1 nitrogen and oxygen atoms in total. The third-order valence-corrected chi connectivity index (χ3v) is 3.23. The van der Waals surface area contributed by atoms with Gasteiger partial charge in [0.25, 0.3) is 0 Å². The van der Waals surface area contributed by atoms with Crippen LogP contribution in [0.1, 0.15) is 59.8 Å². The number of rotatable bonds is 3. The summed E-state index contributed by atoms with van der Waals surface area (Å²) in [6.45, 7) is 9.71. The highest BCUT2D eigenvalue weighted by atomic mass is 16.5. The average molecular weight is 198 g/mol. The molecule has 0 amide bonds. The van der Waals surface area contributed by atoms with E-state index in [2.05, 4.69) is 27.7 Å². The van der Waals surface area contributed by atoms with E-state index in [4.69, 9.17) is 4.74 Å². The van der Waals surface area contributed by atoms with Crippen molar-refractivity contribution >= 4 is 0 Å². The molecule has 1 heteroatoms. The minimum atomic E-state index is 0.0307. The van der Waals surface area contributed by atoms with Crippen molar-refractivity contribution in [2.75, 3.05) is 6.61 Å². The van der Waals surface area contributed by atoms with Crippen LogP contribution < -0.4 is 0 Å². The van der Waals surface area contributed by atoms with Crippen molar-refractivity contribution in [3.05, 3.63) is 0 Å². The van der Waals surface area contributed by atoms with E-state index in [0.717, 1.165) is 18.4 Å². The van der Waals surface area contributed by atoms with Crippen molar-refractivity contribution in [2.24, 2.45) is 11.8 Å². The smallest absolute Gasteiger partial charge is 0.0598 e. The Morgan fingerprint density at radius 2 is 1.71 bits per heavy atom. The maximum atomic E-state index is 5.84. The second kappa shape index (κ2) is 5.16. The number of ether oxygens (including phenoxy) is 1. The Morgan fingerprint density at radius 3 is 2.21 bits per heavy atom. The number of hydrogen-bond acceptors (Lipinski definition) is 1. The van der Waals surface area contributed by atoms with Gasteiger partial charge in [-0.1, -0.05) is 39.0 Å². The standard InChI is InChI=1S/C13H26O/c1-11(10-14-13(2,3)4)12-8-6-5-7-9-12/h11-12H,5-10H2,1-4H3. The molecule has 0 bridgehead atoms. The predicted octanol–water partition coefficient (Wildman–Crippen LogP) is 4.02. The highest BCUT2D eigenvalue weighted by Crippen LogP contribution is 2.30. The molecule has 0 radical (unpaired) electrons. The molecule has 0 spiro atoms. The van der Waals surface area contributed by atoms with E-state index in [1.807, 2.05) is 0 Å². The lowest BCUT2D eigenvalue weighted by atomic mass is 9.81. The summed E-state index contributed by atoms with van der Waals surface area (Å²) in [7, 11) is 0. The lowest BCUT2D eigenvalue weighted by Crippen LogP contribution is -2.26. The zero-order valence-electron chi connectivity index (χ0n) is 10.3. The van der Waals surface area contributed by atoms with Gasteiger partial charge < -0.3 is 4.74 Å². The molecule has 0 aromatic rings. The Hall–Kier alpha value is -0.0400. The van der Waals surface area contributed by atoms with Crippen LogP contribution in [-0.4, -0.2) is 12.2 Å². The Kier molecular flexibility index (Phi) is 4.43. The van der Waals surface area contributed by atoms with E-state index in [0.29, 0.717) is 0 Å². The van der Waals surface area contributed by atoms with E-state index < -0.39 is 0 Å². The second-order valence-corrected chi connectivity index (χ2v) is 5.80. The first-order valence-corrected chi connectivity index (χ1v) is 6.13. The van der Waals surface area contributed by atoms with Gasteiger partial charge in [-0.15, -0.1) is 0 Å².